The van der Waals surface area contributed by atoms with Gasteiger partial charge in [-0.25, -0.2) is 0 Å². The lowest BCUT2D eigenvalue weighted by atomic mass is 10.4. The fraction of sp³-hybridized carbons (Fsp3) is 0.286. The van der Waals surface area contributed by atoms with Gasteiger partial charge in [-0.1, -0.05) is 6.58 Å². The van der Waals surface area contributed by atoms with Crippen molar-refractivity contribution >= 4 is 5.84 Å². The van der Waals surface area contributed by atoms with Gasteiger partial charge in [0.1, 0.15) is 0 Å². The SMILES string of the molecule is C=CN1CCC2=NC=C[N+]21. The second-order valence-electron chi connectivity index (χ2n) is 2.28. The number of amidine groups is 1. The number of aliphatic imine (C=N–C) groups is 1. The quantitative estimate of drug-likeness (QED) is 0.487. The summed E-state index contributed by atoms with van der Waals surface area (Å²) in [6, 6.07) is 0. The molecular weight excluding hydrogens is 126 g/mol. The third-order valence-electron chi connectivity index (χ3n) is 1.75. The van der Waals surface area contributed by atoms with Crippen LogP contribution in [0.3, 0.4) is 0 Å². The van der Waals surface area contributed by atoms with E-state index in [1.165, 1.54) is 0 Å². The molecule has 1 fully saturated rings. The van der Waals surface area contributed by atoms with E-state index in [2.05, 4.69) is 11.6 Å². The van der Waals surface area contributed by atoms with E-state index < -0.39 is 0 Å². The maximum Gasteiger partial charge on any atom is 0.287 e. The van der Waals surface area contributed by atoms with Crippen molar-refractivity contribution in [3.63, 3.8) is 0 Å². The minimum absolute atomic E-state index is 1.01. The summed E-state index contributed by atoms with van der Waals surface area (Å²) in [4.78, 5) is 4.17. The van der Waals surface area contributed by atoms with Crippen molar-refractivity contribution in [1.29, 1.82) is 0 Å². The summed E-state index contributed by atoms with van der Waals surface area (Å²) >= 11 is 0. The summed E-state index contributed by atoms with van der Waals surface area (Å²) in [5.41, 5.74) is 0. The minimum Gasteiger partial charge on any atom is -0.196 e. The minimum atomic E-state index is 1.01. The summed E-state index contributed by atoms with van der Waals surface area (Å²) in [7, 11) is 0. The first-order valence-corrected chi connectivity index (χ1v) is 3.33. The van der Waals surface area contributed by atoms with E-state index in [1.54, 1.807) is 0 Å². The molecule has 0 amide bonds. The normalized spacial score (nSPS) is 23.2. The van der Waals surface area contributed by atoms with E-state index in [4.69, 9.17) is 0 Å². The second-order valence-corrected chi connectivity index (χ2v) is 2.28. The van der Waals surface area contributed by atoms with Gasteiger partial charge in [-0.05, 0) is 0 Å². The van der Waals surface area contributed by atoms with Gasteiger partial charge in [-0.3, -0.25) is 0 Å². The first kappa shape index (κ1) is 5.68. The van der Waals surface area contributed by atoms with Gasteiger partial charge >= 0.3 is 0 Å². The van der Waals surface area contributed by atoms with Crippen LogP contribution in [-0.2, 0) is 0 Å². The number of hydrogen-bond donors (Lipinski definition) is 0. The van der Waals surface area contributed by atoms with Crippen LogP contribution in [0.25, 0.3) is 0 Å². The Labute approximate surface area is 59.9 Å². The average molecular weight is 135 g/mol. The van der Waals surface area contributed by atoms with Crippen LogP contribution in [0.4, 0.5) is 0 Å². The summed E-state index contributed by atoms with van der Waals surface area (Å²) in [5.74, 6) is 1.12. The van der Waals surface area contributed by atoms with Crippen molar-refractivity contribution in [2.24, 2.45) is 4.99 Å². The van der Waals surface area contributed by atoms with Crippen molar-refractivity contribution in [2.75, 3.05) is 6.54 Å². The molecular formula is C7H9N3+. The zero-order valence-electron chi connectivity index (χ0n) is 5.70. The highest BCUT2D eigenvalue weighted by molar-refractivity contribution is 5.89. The Kier molecular flexibility index (Phi) is 1.11. The smallest absolute Gasteiger partial charge is 0.196 e. The van der Waals surface area contributed by atoms with E-state index in [0.717, 1.165) is 18.8 Å². The molecule has 3 nitrogen and oxygen atoms in total. The Hall–Kier alpha value is -1.09. The molecule has 1 radical (unpaired) electrons. The molecule has 0 aromatic carbocycles. The topological polar surface area (TPSA) is 21.5 Å². The standard InChI is InChI=1S/C7H9N3/c1-2-9-5-3-7-8-4-6-10(7)9/h2,4,6H,1,3,5H2/q+1. The van der Waals surface area contributed by atoms with Gasteiger partial charge in [0.25, 0.3) is 5.84 Å². The summed E-state index contributed by atoms with van der Waals surface area (Å²) < 4.78 is 0. The lowest BCUT2D eigenvalue weighted by Gasteiger charge is -2.05. The Balaban J connectivity index is 2.24. The van der Waals surface area contributed by atoms with Crippen LogP contribution in [0.15, 0.2) is 30.2 Å². The van der Waals surface area contributed by atoms with Crippen molar-refractivity contribution < 1.29 is 0 Å². The zero-order valence-corrected chi connectivity index (χ0v) is 5.70. The third kappa shape index (κ3) is 0.609. The number of fused-ring (bicyclic) bond motifs is 1. The van der Waals surface area contributed by atoms with Crippen molar-refractivity contribution in [2.45, 2.75) is 6.42 Å². The van der Waals surface area contributed by atoms with Gasteiger partial charge in [-0.15, -0.1) is 0 Å². The summed E-state index contributed by atoms with van der Waals surface area (Å²) in [6.45, 7) is 4.71. The maximum atomic E-state index is 4.17. The predicted octanol–water partition coefficient (Wildman–Crippen LogP) is 0.774. The van der Waals surface area contributed by atoms with Crippen LogP contribution < -0.4 is 5.01 Å². The Morgan fingerprint density at radius 1 is 1.80 bits per heavy atom. The van der Waals surface area contributed by atoms with E-state index in [-0.39, 0.29) is 0 Å². The Bertz CT molecular complexity index is 217. The highest BCUT2D eigenvalue weighted by Crippen LogP contribution is 2.14. The van der Waals surface area contributed by atoms with Crippen LogP contribution in [0.1, 0.15) is 6.42 Å². The van der Waals surface area contributed by atoms with E-state index >= 15 is 0 Å². The summed E-state index contributed by atoms with van der Waals surface area (Å²) in [6.07, 6.45) is 6.60. The lowest BCUT2D eigenvalue weighted by Crippen LogP contribution is -2.34. The molecule has 2 aliphatic rings. The molecule has 0 spiro atoms. The Morgan fingerprint density at radius 3 is 3.50 bits per heavy atom. The summed E-state index contributed by atoms with van der Waals surface area (Å²) in [5, 5.41) is 4.06. The van der Waals surface area contributed by atoms with Gasteiger partial charge in [-0.2, -0.15) is 10.0 Å². The maximum absolute atomic E-state index is 4.17. The van der Waals surface area contributed by atoms with Gasteiger partial charge in [0.05, 0.1) is 25.4 Å². The van der Waals surface area contributed by atoms with E-state index in [1.807, 2.05) is 28.6 Å². The predicted molar refractivity (Wildman–Crippen MR) is 40.2 cm³/mol. The van der Waals surface area contributed by atoms with Gasteiger partial charge in [0.15, 0.2) is 6.20 Å². The lowest BCUT2D eigenvalue weighted by molar-refractivity contribution is 0.297. The molecule has 0 N–H and O–H groups in total. The third-order valence-corrected chi connectivity index (χ3v) is 1.75. The Morgan fingerprint density at radius 2 is 2.70 bits per heavy atom. The highest BCUT2D eigenvalue weighted by atomic mass is 15.7. The molecule has 0 aliphatic carbocycles. The van der Waals surface area contributed by atoms with Gasteiger partial charge in [0.2, 0.25) is 0 Å². The molecule has 0 bridgehead atoms. The number of hydrogen-bond acceptors (Lipinski definition) is 3. The highest BCUT2D eigenvalue weighted by Gasteiger charge is 2.37. The van der Waals surface area contributed by atoms with Gasteiger partial charge < -0.3 is 0 Å². The van der Waals surface area contributed by atoms with Crippen molar-refractivity contribution in [1.82, 2.24) is 10.0 Å². The fourth-order valence-corrected chi connectivity index (χ4v) is 1.24. The molecule has 51 valence electrons. The molecule has 0 aromatic heterocycles. The molecule has 0 saturated carbocycles. The van der Waals surface area contributed by atoms with Crippen LogP contribution in [-0.4, -0.2) is 17.4 Å². The first-order valence-electron chi connectivity index (χ1n) is 3.33. The molecule has 0 aromatic rings. The average Bonchev–Trinajstić information content (AvgIpc) is 2.44. The monoisotopic (exact) mass is 135 g/mol. The molecule has 2 aliphatic heterocycles. The number of nitrogens with zero attached hydrogens (tertiary/aromatic N) is 3. The molecule has 10 heavy (non-hydrogen) atoms. The number of rotatable bonds is 1. The zero-order chi connectivity index (χ0) is 6.97. The van der Waals surface area contributed by atoms with E-state index in [0.29, 0.717) is 0 Å². The van der Waals surface area contributed by atoms with Gasteiger partial charge in [0, 0.05) is 5.01 Å². The van der Waals surface area contributed by atoms with Crippen molar-refractivity contribution in [3.05, 3.63) is 25.2 Å². The molecule has 2 rings (SSSR count). The van der Waals surface area contributed by atoms with Crippen molar-refractivity contribution in [3.8, 4) is 0 Å². The molecule has 3 heteroatoms. The first-order chi connectivity index (χ1) is 4.92. The fourth-order valence-electron chi connectivity index (χ4n) is 1.24. The van der Waals surface area contributed by atoms with Crippen LogP contribution in [0.2, 0.25) is 0 Å². The van der Waals surface area contributed by atoms with E-state index in [9.17, 15) is 0 Å². The molecule has 0 atom stereocenters. The number of hydrazine groups is 1. The second kappa shape index (κ2) is 1.95. The molecule has 2 heterocycles. The molecule has 0 unspecified atom stereocenters. The van der Waals surface area contributed by atoms with Crippen LogP contribution in [0, 0.1) is 0 Å². The van der Waals surface area contributed by atoms with Crippen LogP contribution >= 0.6 is 0 Å². The van der Waals surface area contributed by atoms with Crippen LogP contribution in [0.5, 0.6) is 0 Å². The molecule has 1 saturated heterocycles. The largest absolute Gasteiger partial charge is 0.287 e.